The van der Waals surface area contributed by atoms with Crippen LogP contribution in [0.25, 0.3) is 21.8 Å². The monoisotopic (exact) mass is 561 g/mol. The summed E-state index contributed by atoms with van der Waals surface area (Å²) in [6.07, 6.45) is 1.93. The molecule has 0 atom stereocenters. The minimum atomic E-state index is -0.998. The van der Waals surface area contributed by atoms with Crippen LogP contribution in [0.3, 0.4) is 0 Å². The number of carboxylic acids is 1. The van der Waals surface area contributed by atoms with Gasteiger partial charge in [0.15, 0.2) is 0 Å². The zero-order valence-corrected chi connectivity index (χ0v) is 22.6. The van der Waals surface area contributed by atoms with E-state index in [1.165, 1.54) is 24.3 Å². The molecule has 0 aliphatic heterocycles. The van der Waals surface area contributed by atoms with Gasteiger partial charge in [-0.15, -0.1) is 0 Å². The maximum absolute atomic E-state index is 13.8. The highest BCUT2D eigenvalue weighted by atomic mass is 32.2. The fraction of sp³-hybridized carbons (Fsp3) is 0.0606. The lowest BCUT2D eigenvalue weighted by atomic mass is 10.1. The van der Waals surface area contributed by atoms with Crippen LogP contribution >= 0.6 is 11.8 Å². The number of hydrogen-bond acceptors (Lipinski definition) is 4. The fourth-order valence-electron chi connectivity index (χ4n) is 4.75. The summed E-state index contributed by atoms with van der Waals surface area (Å²) in [5.41, 5.74) is 3.58. The van der Waals surface area contributed by atoms with Gasteiger partial charge in [-0.05, 0) is 66.2 Å². The predicted octanol–water partition coefficient (Wildman–Crippen LogP) is 7.16. The van der Waals surface area contributed by atoms with Crippen LogP contribution in [-0.2, 0) is 13.1 Å². The third kappa shape index (κ3) is 5.83. The molecule has 0 spiro atoms. The van der Waals surface area contributed by atoms with E-state index in [1.54, 1.807) is 30.0 Å². The molecule has 2 aromatic heterocycles. The number of pyridine rings is 1. The molecule has 1 amide bonds. The number of carbonyl (C=O) groups excluding carboxylic acids is 1. The maximum Gasteiger partial charge on any atom is 0.335 e. The number of carboxylic acid groups (broad SMARTS) is 1. The number of aromatic nitrogens is 2. The van der Waals surface area contributed by atoms with Gasteiger partial charge in [0.25, 0.3) is 5.91 Å². The normalized spacial score (nSPS) is 11.1. The molecule has 0 unspecified atom stereocenters. The van der Waals surface area contributed by atoms with E-state index in [4.69, 9.17) is 5.11 Å². The first-order chi connectivity index (χ1) is 19.9. The quantitative estimate of drug-likeness (QED) is 0.206. The molecule has 202 valence electrons. The zero-order chi connectivity index (χ0) is 28.3. The highest BCUT2D eigenvalue weighted by Gasteiger charge is 2.17. The lowest BCUT2D eigenvalue weighted by Crippen LogP contribution is -2.23. The first-order valence-corrected chi connectivity index (χ1v) is 13.8. The van der Waals surface area contributed by atoms with E-state index in [-0.39, 0.29) is 23.8 Å². The summed E-state index contributed by atoms with van der Waals surface area (Å²) in [6.45, 7) is 0.646. The number of amides is 1. The summed E-state index contributed by atoms with van der Waals surface area (Å²) in [5.74, 6) is -1.59. The van der Waals surface area contributed by atoms with E-state index >= 15 is 0 Å². The summed E-state index contributed by atoms with van der Waals surface area (Å²) in [5, 5.41) is 13.9. The Morgan fingerprint density at radius 2 is 1.63 bits per heavy atom. The molecule has 0 saturated heterocycles. The summed E-state index contributed by atoms with van der Waals surface area (Å²) in [4.78, 5) is 31.5. The molecule has 6 rings (SSSR count). The number of halogens is 1. The Bertz CT molecular complexity index is 1900. The van der Waals surface area contributed by atoms with Gasteiger partial charge >= 0.3 is 5.97 Å². The van der Waals surface area contributed by atoms with Gasteiger partial charge in [0.2, 0.25) is 0 Å². The molecule has 41 heavy (non-hydrogen) atoms. The van der Waals surface area contributed by atoms with Crippen LogP contribution in [0.2, 0.25) is 0 Å². The second kappa shape index (κ2) is 11.3. The van der Waals surface area contributed by atoms with E-state index < -0.39 is 5.97 Å². The van der Waals surface area contributed by atoms with Crippen LogP contribution < -0.4 is 5.32 Å². The lowest BCUT2D eigenvalue weighted by Gasteiger charge is -2.13. The van der Waals surface area contributed by atoms with Crippen molar-refractivity contribution in [1.29, 1.82) is 0 Å². The topological polar surface area (TPSA) is 84.2 Å². The van der Waals surface area contributed by atoms with E-state index in [9.17, 15) is 14.0 Å². The third-order valence-electron chi connectivity index (χ3n) is 6.76. The van der Waals surface area contributed by atoms with Crippen molar-refractivity contribution in [2.75, 3.05) is 0 Å². The van der Waals surface area contributed by atoms with E-state index in [1.807, 2.05) is 65.4 Å². The van der Waals surface area contributed by atoms with Crippen LogP contribution in [0.4, 0.5) is 4.39 Å². The van der Waals surface area contributed by atoms with Crippen molar-refractivity contribution in [3.63, 3.8) is 0 Å². The van der Waals surface area contributed by atoms with Crippen molar-refractivity contribution in [2.45, 2.75) is 22.9 Å². The molecular weight excluding hydrogens is 537 g/mol. The minimum Gasteiger partial charge on any atom is -0.478 e. The summed E-state index contributed by atoms with van der Waals surface area (Å²) in [6, 6.07) is 30.7. The van der Waals surface area contributed by atoms with Crippen LogP contribution in [-0.4, -0.2) is 26.5 Å². The van der Waals surface area contributed by atoms with Crippen LogP contribution in [0, 0.1) is 5.82 Å². The highest BCUT2D eigenvalue weighted by molar-refractivity contribution is 7.99. The Kier molecular flexibility index (Phi) is 7.22. The molecule has 0 saturated carbocycles. The number of hydrogen-bond donors (Lipinski definition) is 2. The van der Waals surface area contributed by atoms with Gasteiger partial charge < -0.3 is 15.0 Å². The lowest BCUT2D eigenvalue weighted by molar-refractivity contribution is 0.0696. The molecule has 0 aliphatic carbocycles. The number of benzene rings is 4. The molecule has 0 aliphatic rings. The number of aromatic carboxylic acids is 1. The number of nitrogens with one attached hydrogen (secondary N) is 1. The Balaban J connectivity index is 1.34. The average Bonchev–Trinajstić information content (AvgIpc) is 3.38. The highest BCUT2D eigenvalue weighted by Crippen LogP contribution is 2.33. The number of fused-ring (bicyclic) bond motifs is 2. The second-order valence-electron chi connectivity index (χ2n) is 9.59. The molecule has 6 nitrogen and oxygen atoms in total. The maximum atomic E-state index is 13.8. The Labute approximate surface area is 239 Å². The van der Waals surface area contributed by atoms with Crippen molar-refractivity contribution in [2.24, 2.45) is 0 Å². The smallest absolute Gasteiger partial charge is 0.335 e. The van der Waals surface area contributed by atoms with E-state index in [0.29, 0.717) is 17.6 Å². The molecule has 2 N–H and O–H groups in total. The van der Waals surface area contributed by atoms with Crippen molar-refractivity contribution >= 4 is 45.4 Å². The minimum absolute atomic E-state index is 0.190. The van der Waals surface area contributed by atoms with Gasteiger partial charge in [-0.25, -0.2) is 9.18 Å². The predicted molar refractivity (Wildman–Crippen MR) is 158 cm³/mol. The van der Waals surface area contributed by atoms with Crippen LogP contribution in [0.1, 0.15) is 32.0 Å². The molecule has 4 aromatic carbocycles. The first kappa shape index (κ1) is 26.3. The van der Waals surface area contributed by atoms with Crippen LogP contribution in [0.5, 0.6) is 0 Å². The van der Waals surface area contributed by atoms with Crippen molar-refractivity contribution in [1.82, 2.24) is 14.9 Å². The fourth-order valence-corrected chi connectivity index (χ4v) is 5.68. The Morgan fingerprint density at radius 3 is 2.41 bits per heavy atom. The number of nitrogens with zero attached hydrogens (tertiary/aromatic N) is 2. The van der Waals surface area contributed by atoms with Crippen LogP contribution in [0.15, 0.2) is 119 Å². The SMILES string of the molecule is O=C(O)c1ccc(CNC(=O)c2cc(Sc3ccccc3)cc3ccn(Cc4ccc5ccc(F)cc5n4)c23)cc1. The van der Waals surface area contributed by atoms with Gasteiger partial charge in [-0.1, -0.05) is 48.2 Å². The largest absolute Gasteiger partial charge is 0.478 e. The molecule has 0 radical (unpaired) electrons. The van der Waals surface area contributed by atoms with E-state index in [2.05, 4.69) is 16.4 Å². The molecule has 8 heteroatoms. The Morgan fingerprint density at radius 1 is 0.854 bits per heavy atom. The third-order valence-corrected chi connectivity index (χ3v) is 7.74. The van der Waals surface area contributed by atoms with Gasteiger partial charge in [0, 0.05) is 39.4 Å². The van der Waals surface area contributed by atoms with Crippen molar-refractivity contribution < 1.29 is 19.1 Å². The number of rotatable bonds is 8. The second-order valence-corrected chi connectivity index (χ2v) is 10.7. The molecule has 0 fully saturated rings. The standard InChI is InChI=1S/C33H24FN3O3S/c34-25-12-10-22-11-13-26(36-30(22)17-25)20-37-15-14-24-16-28(41-27-4-2-1-3-5-27)18-29(31(24)37)32(38)35-19-21-6-8-23(9-7-21)33(39)40/h1-18H,19-20H2,(H,35,38)(H,39,40). The van der Waals surface area contributed by atoms with Gasteiger partial charge in [0.05, 0.1) is 34.4 Å². The molecule has 6 aromatic rings. The summed E-state index contributed by atoms with van der Waals surface area (Å²) in [7, 11) is 0. The zero-order valence-electron chi connectivity index (χ0n) is 21.8. The molecule has 0 bridgehead atoms. The number of carbonyl (C=O) groups is 2. The molecule has 2 heterocycles. The average molecular weight is 562 g/mol. The van der Waals surface area contributed by atoms with Gasteiger partial charge in [-0.2, -0.15) is 0 Å². The van der Waals surface area contributed by atoms with Gasteiger partial charge in [0.1, 0.15) is 5.82 Å². The first-order valence-electron chi connectivity index (χ1n) is 12.9. The van der Waals surface area contributed by atoms with Crippen molar-refractivity contribution in [3.8, 4) is 0 Å². The molecular formula is C33H24FN3O3S. The Hall–Kier alpha value is -4.95. The summed E-state index contributed by atoms with van der Waals surface area (Å²) < 4.78 is 15.8. The summed E-state index contributed by atoms with van der Waals surface area (Å²) >= 11 is 1.58. The van der Waals surface area contributed by atoms with Crippen molar-refractivity contribution in [3.05, 3.63) is 138 Å². The van der Waals surface area contributed by atoms with E-state index in [0.717, 1.165) is 37.3 Å². The van der Waals surface area contributed by atoms with Gasteiger partial charge in [-0.3, -0.25) is 9.78 Å².